The van der Waals surface area contributed by atoms with Crippen LogP contribution < -0.4 is 0 Å². The Labute approximate surface area is 300 Å². The van der Waals surface area contributed by atoms with Crippen LogP contribution in [0.1, 0.15) is 175 Å². The molecule has 0 aromatic rings. The summed E-state index contributed by atoms with van der Waals surface area (Å²) in [5.41, 5.74) is 0. The molecule has 0 radical (unpaired) electrons. The molecular formula is C43H72O6. The largest absolute Gasteiger partial charge is 0.462 e. The first-order valence-corrected chi connectivity index (χ1v) is 19.8. The van der Waals surface area contributed by atoms with Crippen molar-refractivity contribution in [2.24, 2.45) is 0 Å². The Morgan fingerprint density at radius 1 is 0.449 bits per heavy atom. The summed E-state index contributed by atoms with van der Waals surface area (Å²) in [6.45, 7) is 6.32. The molecule has 0 N–H and O–H groups in total. The van der Waals surface area contributed by atoms with Crippen molar-refractivity contribution in [1.82, 2.24) is 0 Å². The van der Waals surface area contributed by atoms with E-state index in [1.54, 1.807) is 0 Å². The molecule has 0 aliphatic heterocycles. The van der Waals surface area contributed by atoms with Gasteiger partial charge >= 0.3 is 17.9 Å². The normalized spacial score (nSPS) is 12.6. The van der Waals surface area contributed by atoms with E-state index in [9.17, 15) is 14.4 Å². The highest BCUT2D eigenvalue weighted by atomic mass is 16.6. The number of ether oxygens (including phenoxy) is 3. The summed E-state index contributed by atoms with van der Waals surface area (Å²) in [4.78, 5) is 37.4. The lowest BCUT2D eigenvalue weighted by Gasteiger charge is -2.18. The van der Waals surface area contributed by atoms with E-state index in [4.69, 9.17) is 14.2 Å². The third-order valence-electron chi connectivity index (χ3n) is 8.00. The van der Waals surface area contributed by atoms with Crippen LogP contribution in [0.25, 0.3) is 0 Å². The van der Waals surface area contributed by atoms with E-state index in [0.29, 0.717) is 19.3 Å². The molecule has 6 nitrogen and oxygen atoms in total. The Hall–Kier alpha value is -2.89. The fourth-order valence-corrected chi connectivity index (χ4v) is 4.96. The van der Waals surface area contributed by atoms with Crippen molar-refractivity contribution in [3.05, 3.63) is 60.8 Å². The van der Waals surface area contributed by atoms with Crippen LogP contribution in [-0.4, -0.2) is 37.2 Å². The number of esters is 3. The van der Waals surface area contributed by atoms with E-state index in [0.717, 1.165) is 96.3 Å². The van der Waals surface area contributed by atoms with Crippen molar-refractivity contribution >= 4 is 17.9 Å². The fourth-order valence-electron chi connectivity index (χ4n) is 4.96. The van der Waals surface area contributed by atoms with Gasteiger partial charge in [-0.25, -0.2) is 0 Å². The first-order chi connectivity index (χ1) is 24.0. The Morgan fingerprint density at radius 3 is 1.45 bits per heavy atom. The van der Waals surface area contributed by atoms with Crippen molar-refractivity contribution in [1.29, 1.82) is 0 Å². The maximum Gasteiger partial charge on any atom is 0.306 e. The zero-order chi connectivity index (χ0) is 35.9. The van der Waals surface area contributed by atoms with Crippen molar-refractivity contribution in [2.45, 2.75) is 181 Å². The highest BCUT2D eigenvalue weighted by molar-refractivity contribution is 5.71. The minimum Gasteiger partial charge on any atom is -0.462 e. The standard InChI is InChI=1S/C43H72O6/c1-4-7-10-13-16-19-21-24-27-30-33-36-42(45)48-39-40(38-47-41(44)35-32-29-26-23-18-15-12-9-6-3)49-43(46)37-34-31-28-25-22-20-17-14-11-8-5-2/h9,12-14,16-19,21,23,40H,4-8,10-11,15,20,22,24-39H2,1-3H3/b12-9-,16-13-,17-14-,21-19-,23-18-. The van der Waals surface area contributed by atoms with Gasteiger partial charge in [0.25, 0.3) is 0 Å². The lowest BCUT2D eigenvalue weighted by molar-refractivity contribution is -0.167. The monoisotopic (exact) mass is 685 g/mol. The zero-order valence-electron chi connectivity index (χ0n) is 31.7. The molecule has 0 aromatic heterocycles. The molecule has 0 aliphatic carbocycles. The predicted molar refractivity (Wildman–Crippen MR) is 205 cm³/mol. The van der Waals surface area contributed by atoms with Crippen LogP contribution >= 0.6 is 0 Å². The Balaban J connectivity index is 4.48. The van der Waals surface area contributed by atoms with Gasteiger partial charge in [-0.1, -0.05) is 133 Å². The molecule has 0 saturated carbocycles. The first-order valence-electron chi connectivity index (χ1n) is 19.8. The maximum absolute atomic E-state index is 12.6. The number of hydrogen-bond acceptors (Lipinski definition) is 6. The molecule has 0 bridgehead atoms. The van der Waals surface area contributed by atoms with Gasteiger partial charge in [0.15, 0.2) is 6.10 Å². The Bertz CT molecular complexity index is 929. The van der Waals surface area contributed by atoms with Crippen LogP contribution in [0.4, 0.5) is 0 Å². The molecule has 0 aromatic carbocycles. The summed E-state index contributed by atoms with van der Waals surface area (Å²) in [5.74, 6) is -0.988. The van der Waals surface area contributed by atoms with E-state index in [1.165, 1.54) is 38.5 Å². The molecule has 0 rings (SSSR count). The topological polar surface area (TPSA) is 78.9 Å². The van der Waals surface area contributed by atoms with Gasteiger partial charge in [-0.15, -0.1) is 0 Å². The van der Waals surface area contributed by atoms with Gasteiger partial charge in [-0.05, 0) is 83.5 Å². The molecule has 0 fully saturated rings. The van der Waals surface area contributed by atoms with Crippen molar-refractivity contribution in [2.75, 3.05) is 13.2 Å². The molecule has 0 spiro atoms. The third-order valence-corrected chi connectivity index (χ3v) is 8.00. The van der Waals surface area contributed by atoms with E-state index in [2.05, 4.69) is 81.5 Å². The van der Waals surface area contributed by atoms with E-state index in [-0.39, 0.29) is 31.1 Å². The molecule has 6 heteroatoms. The van der Waals surface area contributed by atoms with Crippen molar-refractivity contribution < 1.29 is 28.6 Å². The quantitative estimate of drug-likeness (QED) is 0.0221. The molecular weight excluding hydrogens is 612 g/mol. The molecule has 280 valence electrons. The number of allylic oxidation sites excluding steroid dienone is 10. The lowest BCUT2D eigenvalue weighted by atomic mass is 10.1. The summed E-state index contributed by atoms with van der Waals surface area (Å²) in [6.07, 6.45) is 43.6. The van der Waals surface area contributed by atoms with Gasteiger partial charge in [0, 0.05) is 19.3 Å². The van der Waals surface area contributed by atoms with Gasteiger partial charge in [-0.3, -0.25) is 14.4 Å². The van der Waals surface area contributed by atoms with Crippen LogP contribution in [-0.2, 0) is 28.6 Å². The predicted octanol–water partition coefficient (Wildman–Crippen LogP) is 12.2. The van der Waals surface area contributed by atoms with E-state index in [1.807, 2.05) is 0 Å². The Morgan fingerprint density at radius 2 is 0.857 bits per heavy atom. The second-order valence-corrected chi connectivity index (χ2v) is 12.8. The lowest BCUT2D eigenvalue weighted by Crippen LogP contribution is -2.30. The average molecular weight is 685 g/mol. The number of carbonyl (C=O) groups excluding carboxylic acids is 3. The minimum absolute atomic E-state index is 0.103. The number of carbonyl (C=O) groups is 3. The summed E-state index contributed by atoms with van der Waals surface area (Å²) in [5, 5.41) is 0. The average Bonchev–Trinajstić information content (AvgIpc) is 3.10. The zero-order valence-corrected chi connectivity index (χ0v) is 31.7. The molecule has 1 unspecified atom stereocenters. The molecule has 0 aliphatic rings. The van der Waals surface area contributed by atoms with Gasteiger partial charge in [-0.2, -0.15) is 0 Å². The van der Waals surface area contributed by atoms with E-state index < -0.39 is 6.10 Å². The van der Waals surface area contributed by atoms with Crippen molar-refractivity contribution in [3.63, 3.8) is 0 Å². The van der Waals surface area contributed by atoms with Crippen LogP contribution in [0.5, 0.6) is 0 Å². The van der Waals surface area contributed by atoms with Gasteiger partial charge < -0.3 is 14.2 Å². The summed E-state index contributed by atoms with van der Waals surface area (Å²) in [6, 6.07) is 0. The summed E-state index contributed by atoms with van der Waals surface area (Å²) >= 11 is 0. The van der Waals surface area contributed by atoms with Gasteiger partial charge in [0.2, 0.25) is 0 Å². The highest BCUT2D eigenvalue weighted by Crippen LogP contribution is 2.11. The Kier molecular flexibility index (Phi) is 35.7. The number of unbranched alkanes of at least 4 members (excludes halogenated alkanes) is 14. The van der Waals surface area contributed by atoms with Gasteiger partial charge in [0.1, 0.15) is 13.2 Å². The summed E-state index contributed by atoms with van der Waals surface area (Å²) in [7, 11) is 0. The summed E-state index contributed by atoms with van der Waals surface area (Å²) < 4.78 is 16.5. The van der Waals surface area contributed by atoms with Crippen LogP contribution in [0.2, 0.25) is 0 Å². The third kappa shape index (κ3) is 36.2. The second-order valence-electron chi connectivity index (χ2n) is 12.8. The van der Waals surface area contributed by atoms with Crippen LogP contribution in [0.15, 0.2) is 60.8 Å². The molecule has 49 heavy (non-hydrogen) atoms. The molecule has 0 saturated heterocycles. The SMILES string of the molecule is CC/C=C\C/C=C\CCCCC(=O)OCC(COC(=O)CCCCC/C=C\C=C/CCCC)OC(=O)CCCCCCC/C=C\CCCC. The number of hydrogen-bond donors (Lipinski definition) is 0. The highest BCUT2D eigenvalue weighted by Gasteiger charge is 2.19. The smallest absolute Gasteiger partial charge is 0.306 e. The second kappa shape index (κ2) is 37.9. The van der Waals surface area contributed by atoms with Crippen LogP contribution in [0, 0.1) is 0 Å². The molecule has 0 heterocycles. The minimum atomic E-state index is -0.797. The molecule has 0 amide bonds. The first kappa shape index (κ1) is 46.1. The molecule has 1 atom stereocenters. The van der Waals surface area contributed by atoms with Crippen molar-refractivity contribution in [3.8, 4) is 0 Å². The van der Waals surface area contributed by atoms with Gasteiger partial charge in [0.05, 0.1) is 0 Å². The maximum atomic E-state index is 12.6. The van der Waals surface area contributed by atoms with Crippen LogP contribution in [0.3, 0.4) is 0 Å². The fraction of sp³-hybridized carbons (Fsp3) is 0.698. The van der Waals surface area contributed by atoms with E-state index >= 15 is 0 Å². The number of rotatable bonds is 34.